The summed E-state index contributed by atoms with van der Waals surface area (Å²) in [5.41, 5.74) is 0.668. The second-order valence-electron chi connectivity index (χ2n) is 7.48. The van der Waals surface area contributed by atoms with Crippen LogP contribution in [0.15, 0.2) is 53.4 Å². The summed E-state index contributed by atoms with van der Waals surface area (Å²) in [6.07, 6.45) is 1.43. The number of nitrogens with zero attached hydrogens (tertiary/aromatic N) is 3. The Hall–Kier alpha value is -3.02. The molecular formula is C22H24N4O5S2. The first kappa shape index (κ1) is 23.1. The number of benzene rings is 2. The number of amides is 1. The van der Waals surface area contributed by atoms with E-state index >= 15 is 0 Å². The summed E-state index contributed by atoms with van der Waals surface area (Å²) in [5, 5.41) is 11.9. The Labute approximate surface area is 196 Å². The van der Waals surface area contributed by atoms with Gasteiger partial charge in [-0.2, -0.15) is 4.31 Å². The van der Waals surface area contributed by atoms with Crippen molar-refractivity contribution in [2.75, 3.05) is 32.6 Å². The largest absolute Gasteiger partial charge is 0.497 e. The monoisotopic (exact) mass is 488 g/mol. The lowest BCUT2D eigenvalue weighted by Gasteiger charge is -2.31. The van der Waals surface area contributed by atoms with Gasteiger partial charge in [-0.3, -0.25) is 4.79 Å². The van der Waals surface area contributed by atoms with Crippen LogP contribution < -0.4 is 14.8 Å². The first-order chi connectivity index (χ1) is 15.9. The van der Waals surface area contributed by atoms with Gasteiger partial charge in [0.15, 0.2) is 0 Å². The normalized spacial score (nSPS) is 16.8. The van der Waals surface area contributed by atoms with E-state index in [9.17, 15) is 13.2 Å². The molecular weight excluding hydrogens is 464 g/mol. The Morgan fingerprint density at radius 3 is 2.64 bits per heavy atom. The maximum absolute atomic E-state index is 13.4. The summed E-state index contributed by atoms with van der Waals surface area (Å²) in [5.74, 6) is 0.196. The summed E-state index contributed by atoms with van der Waals surface area (Å²) in [6, 6.07) is 13.8. The van der Waals surface area contributed by atoms with Crippen LogP contribution in [0.3, 0.4) is 0 Å². The summed E-state index contributed by atoms with van der Waals surface area (Å²) < 4.78 is 38.8. The van der Waals surface area contributed by atoms with Crippen molar-refractivity contribution < 1.29 is 22.7 Å². The number of para-hydroxylation sites is 1. The molecule has 4 rings (SSSR count). The van der Waals surface area contributed by atoms with E-state index in [1.165, 1.54) is 35.9 Å². The third-order valence-electron chi connectivity index (χ3n) is 5.39. The van der Waals surface area contributed by atoms with Crippen LogP contribution in [0, 0.1) is 0 Å². The fraction of sp³-hybridized carbons (Fsp3) is 0.318. The molecule has 9 nitrogen and oxygen atoms in total. The number of carbonyl (C=O) groups is 1. The predicted molar refractivity (Wildman–Crippen MR) is 125 cm³/mol. The number of aromatic nitrogens is 2. The molecule has 2 heterocycles. The van der Waals surface area contributed by atoms with Gasteiger partial charge in [-0.25, -0.2) is 8.42 Å². The van der Waals surface area contributed by atoms with Crippen molar-refractivity contribution in [1.29, 1.82) is 0 Å². The first-order valence-corrected chi connectivity index (χ1v) is 12.6. The lowest BCUT2D eigenvalue weighted by Crippen LogP contribution is -2.39. The molecule has 11 heteroatoms. The van der Waals surface area contributed by atoms with E-state index in [-0.39, 0.29) is 34.0 Å². The topological polar surface area (TPSA) is 111 Å². The van der Waals surface area contributed by atoms with E-state index in [0.29, 0.717) is 29.4 Å². The minimum atomic E-state index is -3.82. The van der Waals surface area contributed by atoms with E-state index in [2.05, 4.69) is 15.5 Å². The van der Waals surface area contributed by atoms with E-state index < -0.39 is 10.0 Å². The number of anilines is 1. The Morgan fingerprint density at radius 1 is 1.12 bits per heavy atom. The minimum absolute atomic E-state index is 0.0604. The van der Waals surface area contributed by atoms with Gasteiger partial charge in [-0.1, -0.05) is 29.5 Å². The summed E-state index contributed by atoms with van der Waals surface area (Å²) in [7, 11) is -0.907. The van der Waals surface area contributed by atoms with Gasteiger partial charge in [0.2, 0.25) is 15.0 Å². The van der Waals surface area contributed by atoms with E-state index in [1.54, 1.807) is 24.3 Å². The van der Waals surface area contributed by atoms with Gasteiger partial charge in [0.25, 0.3) is 5.91 Å². The molecule has 3 aromatic rings. The van der Waals surface area contributed by atoms with E-state index in [0.717, 1.165) is 6.42 Å². The molecule has 1 aliphatic heterocycles. The van der Waals surface area contributed by atoms with Crippen molar-refractivity contribution >= 4 is 33.0 Å². The highest BCUT2D eigenvalue weighted by Crippen LogP contribution is 2.35. The quantitative estimate of drug-likeness (QED) is 0.543. The fourth-order valence-electron chi connectivity index (χ4n) is 3.68. The highest BCUT2D eigenvalue weighted by molar-refractivity contribution is 7.89. The van der Waals surface area contributed by atoms with E-state index in [4.69, 9.17) is 9.47 Å². The molecule has 1 saturated heterocycles. The van der Waals surface area contributed by atoms with Crippen molar-refractivity contribution in [2.24, 2.45) is 0 Å². The number of piperidine rings is 1. The number of hydrogen-bond donors (Lipinski definition) is 1. The van der Waals surface area contributed by atoms with Crippen molar-refractivity contribution in [3.05, 3.63) is 58.5 Å². The molecule has 0 radical (unpaired) electrons. The zero-order chi connectivity index (χ0) is 23.4. The number of carbonyl (C=O) groups excluding carboxylic acids is 1. The summed E-state index contributed by atoms with van der Waals surface area (Å²) in [6.45, 7) is 0.636. The van der Waals surface area contributed by atoms with Gasteiger partial charge in [-0.05, 0) is 37.1 Å². The van der Waals surface area contributed by atoms with Gasteiger partial charge in [0.05, 0.1) is 14.2 Å². The molecule has 0 aliphatic carbocycles. The first-order valence-electron chi connectivity index (χ1n) is 10.3. The van der Waals surface area contributed by atoms with Crippen LogP contribution in [0.5, 0.6) is 11.5 Å². The van der Waals surface area contributed by atoms with Crippen molar-refractivity contribution in [3.63, 3.8) is 0 Å². The van der Waals surface area contributed by atoms with Gasteiger partial charge in [0.1, 0.15) is 21.4 Å². The van der Waals surface area contributed by atoms with Crippen molar-refractivity contribution in [2.45, 2.75) is 23.7 Å². The fourth-order valence-corrected chi connectivity index (χ4v) is 6.24. The molecule has 0 spiro atoms. The highest BCUT2D eigenvalue weighted by atomic mass is 32.2. The number of sulfonamides is 1. The molecule has 0 saturated carbocycles. The molecule has 1 N–H and O–H groups in total. The average molecular weight is 489 g/mol. The molecule has 1 amide bonds. The molecule has 1 fully saturated rings. The molecule has 33 heavy (non-hydrogen) atoms. The van der Waals surface area contributed by atoms with Gasteiger partial charge in [-0.15, -0.1) is 10.2 Å². The molecule has 2 aromatic carbocycles. The Bertz CT molecular complexity index is 1230. The van der Waals surface area contributed by atoms with Crippen LogP contribution in [0.25, 0.3) is 0 Å². The lowest BCUT2D eigenvalue weighted by molar-refractivity contribution is 0.102. The second-order valence-corrected chi connectivity index (χ2v) is 10.4. The minimum Gasteiger partial charge on any atom is -0.497 e. The molecule has 1 atom stereocenters. The van der Waals surface area contributed by atoms with Crippen LogP contribution >= 0.6 is 11.3 Å². The summed E-state index contributed by atoms with van der Waals surface area (Å²) >= 11 is 1.19. The van der Waals surface area contributed by atoms with Crippen LogP contribution in [0.1, 0.15) is 33.6 Å². The molecule has 174 valence electrons. The highest BCUT2D eigenvalue weighted by Gasteiger charge is 2.34. The maximum atomic E-state index is 13.4. The second kappa shape index (κ2) is 9.86. The standard InChI is InChI=1S/C22H24N4O5S2/c1-30-17-10-11-18(31-2)19(13-17)33(28,29)26-12-6-7-15(14-26)21-24-25-22(32-21)20(27)23-16-8-4-3-5-9-16/h3-5,8-11,13,15H,6-7,12,14H2,1-2H3,(H,23,27)/t15-/m0/s1. The Balaban J connectivity index is 1.52. The third-order valence-corrected chi connectivity index (χ3v) is 8.36. The summed E-state index contributed by atoms with van der Waals surface area (Å²) in [4.78, 5) is 12.6. The number of rotatable bonds is 7. The lowest BCUT2D eigenvalue weighted by atomic mass is 10.0. The SMILES string of the molecule is COc1ccc(OC)c(S(=O)(=O)N2CCC[C@H](c3nnc(C(=O)Nc4ccccc4)s3)C2)c1. The van der Waals surface area contributed by atoms with Crippen LogP contribution in [-0.2, 0) is 10.0 Å². The Morgan fingerprint density at radius 2 is 1.91 bits per heavy atom. The van der Waals surface area contributed by atoms with Gasteiger partial charge < -0.3 is 14.8 Å². The molecule has 1 aromatic heterocycles. The van der Waals surface area contributed by atoms with Crippen molar-refractivity contribution in [1.82, 2.24) is 14.5 Å². The van der Waals surface area contributed by atoms with Crippen LogP contribution in [0.4, 0.5) is 5.69 Å². The molecule has 0 bridgehead atoms. The van der Waals surface area contributed by atoms with Gasteiger partial charge in [0, 0.05) is 30.8 Å². The van der Waals surface area contributed by atoms with E-state index in [1.807, 2.05) is 18.2 Å². The Kier molecular flexibility index (Phi) is 6.91. The molecule has 0 unspecified atom stereocenters. The maximum Gasteiger partial charge on any atom is 0.286 e. The zero-order valence-corrected chi connectivity index (χ0v) is 19.9. The number of nitrogens with one attached hydrogen (secondary N) is 1. The average Bonchev–Trinajstić information content (AvgIpc) is 3.35. The zero-order valence-electron chi connectivity index (χ0n) is 18.2. The van der Waals surface area contributed by atoms with Gasteiger partial charge >= 0.3 is 0 Å². The number of methoxy groups -OCH3 is 2. The predicted octanol–water partition coefficient (Wildman–Crippen LogP) is 3.38. The van der Waals surface area contributed by atoms with Crippen molar-refractivity contribution in [3.8, 4) is 11.5 Å². The smallest absolute Gasteiger partial charge is 0.286 e. The van der Waals surface area contributed by atoms with Crippen LogP contribution in [0.2, 0.25) is 0 Å². The number of ether oxygens (including phenoxy) is 2. The molecule has 1 aliphatic rings. The van der Waals surface area contributed by atoms with Crippen LogP contribution in [-0.4, -0.2) is 56.1 Å². The third kappa shape index (κ3) is 5.00. The number of hydrogen-bond acceptors (Lipinski definition) is 8.